The number of nitrogens with one attached hydrogen (secondary N) is 2. The van der Waals surface area contributed by atoms with E-state index in [1.54, 1.807) is 6.07 Å². The van der Waals surface area contributed by atoms with Gasteiger partial charge in [0, 0.05) is 31.4 Å². The maximum Gasteiger partial charge on any atom is 0.269 e. The first-order valence-electron chi connectivity index (χ1n) is 6.71. The molecule has 0 radical (unpaired) electrons. The van der Waals surface area contributed by atoms with Crippen molar-refractivity contribution in [2.75, 3.05) is 33.7 Å². The zero-order chi connectivity index (χ0) is 15.0. The highest BCUT2D eigenvalue weighted by Crippen LogP contribution is 2.02. The van der Waals surface area contributed by atoms with Crippen molar-refractivity contribution in [3.63, 3.8) is 0 Å². The minimum atomic E-state index is -0.255. The molecule has 1 aromatic heterocycles. The van der Waals surface area contributed by atoms with E-state index in [2.05, 4.69) is 15.6 Å². The lowest BCUT2D eigenvalue weighted by molar-refractivity contribution is 0.0948. The number of hydrogen-bond acceptors (Lipinski definition) is 4. The van der Waals surface area contributed by atoms with Gasteiger partial charge in [0.25, 0.3) is 11.8 Å². The molecule has 0 bridgehead atoms. The summed E-state index contributed by atoms with van der Waals surface area (Å²) < 4.78 is 0. The molecule has 0 aliphatic heterocycles. The molecule has 0 unspecified atom stereocenters. The molecule has 6 heteroatoms. The van der Waals surface area contributed by atoms with E-state index in [9.17, 15) is 9.59 Å². The summed E-state index contributed by atoms with van der Waals surface area (Å²) in [5.74, 6) is -0.450. The number of carbonyl (C=O) groups excluding carboxylic acids is 2. The largest absolute Gasteiger partial charge is 0.351 e. The summed E-state index contributed by atoms with van der Waals surface area (Å²) in [6.45, 7) is 3.90. The molecule has 20 heavy (non-hydrogen) atoms. The molecule has 0 aliphatic carbocycles. The molecule has 0 fully saturated rings. The summed E-state index contributed by atoms with van der Waals surface area (Å²) in [5, 5.41) is 5.53. The molecule has 0 spiro atoms. The van der Waals surface area contributed by atoms with E-state index in [0.29, 0.717) is 18.7 Å². The topological polar surface area (TPSA) is 74.3 Å². The van der Waals surface area contributed by atoms with Crippen LogP contribution in [0.2, 0.25) is 0 Å². The van der Waals surface area contributed by atoms with E-state index in [1.165, 1.54) is 12.3 Å². The fourth-order valence-corrected chi connectivity index (χ4v) is 1.52. The molecule has 0 aliphatic rings. The second-order valence-corrected chi connectivity index (χ2v) is 4.74. The van der Waals surface area contributed by atoms with E-state index < -0.39 is 0 Å². The molecule has 2 N–H and O–H groups in total. The van der Waals surface area contributed by atoms with Gasteiger partial charge in [0.1, 0.15) is 5.69 Å². The smallest absolute Gasteiger partial charge is 0.269 e. The Morgan fingerprint density at radius 3 is 2.55 bits per heavy atom. The van der Waals surface area contributed by atoms with Crippen molar-refractivity contribution < 1.29 is 9.59 Å². The number of pyridine rings is 1. The summed E-state index contributed by atoms with van der Waals surface area (Å²) in [4.78, 5) is 29.7. The highest BCUT2D eigenvalue weighted by Gasteiger charge is 2.11. The Morgan fingerprint density at radius 1 is 1.20 bits per heavy atom. The standard InChI is InChI=1S/C14H22N4O2/c1-4-6-16-14(20)12-10-11(5-7-15-12)13(19)17-8-9-18(2)3/h5,7,10H,4,6,8-9H2,1-3H3,(H,16,20)(H,17,19). The predicted octanol–water partition coefficient (Wildman–Crippen LogP) is 0.513. The van der Waals surface area contributed by atoms with Crippen LogP contribution in [0.3, 0.4) is 0 Å². The molecule has 110 valence electrons. The maximum absolute atomic E-state index is 11.9. The quantitative estimate of drug-likeness (QED) is 0.762. The Hall–Kier alpha value is -1.95. The van der Waals surface area contributed by atoms with E-state index in [0.717, 1.165) is 13.0 Å². The Balaban J connectivity index is 2.62. The normalized spacial score (nSPS) is 10.4. The van der Waals surface area contributed by atoms with Crippen LogP contribution in [0.15, 0.2) is 18.3 Å². The SMILES string of the molecule is CCCNC(=O)c1cc(C(=O)NCCN(C)C)ccn1. The third kappa shape index (κ3) is 5.36. The first-order chi connectivity index (χ1) is 9.54. The van der Waals surface area contributed by atoms with Crippen LogP contribution >= 0.6 is 0 Å². The van der Waals surface area contributed by atoms with E-state index >= 15 is 0 Å². The van der Waals surface area contributed by atoms with Gasteiger partial charge in [-0.3, -0.25) is 14.6 Å². The first-order valence-corrected chi connectivity index (χ1v) is 6.71. The number of amides is 2. The minimum absolute atomic E-state index is 0.196. The lowest BCUT2D eigenvalue weighted by Crippen LogP contribution is -2.31. The zero-order valence-corrected chi connectivity index (χ0v) is 12.3. The lowest BCUT2D eigenvalue weighted by atomic mass is 10.2. The van der Waals surface area contributed by atoms with Crippen molar-refractivity contribution >= 4 is 11.8 Å². The van der Waals surface area contributed by atoms with Crippen molar-refractivity contribution in [2.24, 2.45) is 0 Å². The highest BCUT2D eigenvalue weighted by molar-refractivity contribution is 5.98. The second-order valence-electron chi connectivity index (χ2n) is 4.74. The van der Waals surface area contributed by atoms with E-state index in [-0.39, 0.29) is 17.5 Å². The van der Waals surface area contributed by atoms with Crippen LogP contribution < -0.4 is 10.6 Å². The Kier molecular flexibility index (Phi) is 6.66. The van der Waals surface area contributed by atoms with Gasteiger partial charge in [-0.05, 0) is 32.6 Å². The monoisotopic (exact) mass is 278 g/mol. The molecular formula is C14H22N4O2. The van der Waals surface area contributed by atoms with Crippen LogP contribution in [0.1, 0.15) is 34.2 Å². The van der Waals surface area contributed by atoms with Crippen LogP contribution in [-0.2, 0) is 0 Å². The summed E-state index contributed by atoms with van der Waals surface area (Å²) in [6.07, 6.45) is 2.33. The molecule has 1 aromatic rings. The molecule has 0 aromatic carbocycles. The molecule has 0 saturated heterocycles. The number of aromatic nitrogens is 1. The molecule has 2 amide bonds. The number of hydrogen-bond donors (Lipinski definition) is 2. The lowest BCUT2D eigenvalue weighted by Gasteiger charge is -2.10. The van der Waals surface area contributed by atoms with Gasteiger partial charge < -0.3 is 15.5 Å². The Labute approximate surface area is 119 Å². The third-order valence-corrected chi connectivity index (χ3v) is 2.63. The highest BCUT2D eigenvalue weighted by atomic mass is 16.2. The average Bonchev–Trinajstić information content (AvgIpc) is 2.44. The fraction of sp³-hybridized carbons (Fsp3) is 0.500. The molecule has 1 heterocycles. The van der Waals surface area contributed by atoms with Gasteiger partial charge in [-0.1, -0.05) is 6.92 Å². The molecule has 1 rings (SSSR count). The molecular weight excluding hydrogens is 256 g/mol. The van der Waals surface area contributed by atoms with Crippen LogP contribution in [0.5, 0.6) is 0 Å². The summed E-state index contributed by atoms with van der Waals surface area (Å²) in [7, 11) is 3.88. The van der Waals surface area contributed by atoms with Crippen molar-refractivity contribution in [3.05, 3.63) is 29.6 Å². The number of rotatable bonds is 7. The van der Waals surface area contributed by atoms with E-state index in [1.807, 2.05) is 25.9 Å². The van der Waals surface area contributed by atoms with Gasteiger partial charge in [-0.25, -0.2) is 0 Å². The molecule has 6 nitrogen and oxygen atoms in total. The van der Waals surface area contributed by atoms with Gasteiger partial charge in [0.2, 0.25) is 0 Å². The van der Waals surface area contributed by atoms with E-state index in [4.69, 9.17) is 0 Å². The van der Waals surface area contributed by atoms with Crippen molar-refractivity contribution in [3.8, 4) is 0 Å². The van der Waals surface area contributed by atoms with Crippen LogP contribution in [0.25, 0.3) is 0 Å². The fourth-order valence-electron chi connectivity index (χ4n) is 1.52. The summed E-state index contributed by atoms with van der Waals surface area (Å²) in [6, 6.07) is 3.11. The van der Waals surface area contributed by atoms with Crippen molar-refractivity contribution in [2.45, 2.75) is 13.3 Å². The van der Waals surface area contributed by atoms with Gasteiger partial charge >= 0.3 is 0 Å². The van der Waals surface area contributed by atoms with Crippen LogP contribution in [0.4, 0.5) is 0 Å². The van der Waals surface area contributed by atoms with Gasteiger partial charge in [0.15, 0.2) is 0 Å². The zero-order valence-electron chi connectivity index (χ0n) is 12.3. The Bertz CT molecular complexity index is 460. The van der Waals surface area contributed by atoms with Crippen LogP contribution in [-0.4, -0.2) is 55.4 Å². The number of likely N-dealkylation sites (N-methyl/N-ethyl adjacent to an activating group) is 1. The minimum Gasteiger partial charge on any atom is -0.351 e. The van der Waals surface area contributed by atoms with Gasteiger partial charge in [0.05, 0.1) is 0 Å². The summed E-state index contributed by atoms with van der Waals surface area (Å²) >= 11 is 0. The average molecular weight is 278 g/mol. The van der Waals surface area contributed by atoms with Gasteiger partial charge in [-0.15, -0.1) is 0 Å². The number of carbonyl (C=O) groups is 2. The van der Waals surface area contributed by atoms with Gasteiger partial charge in [-0.2, -0.15) is 0 Å². The number of nitrogens with zero attached hydrogens (tertiary/aromatic N) is 2. The molecule has 0 atom stereocenters. The molecule has 0 saturated carbocycles. The van der Waals surface area contributed by atoms with Crippen molar-refractivity contribution in [1.29, 1.82) is 0 Å². The Morgan fingerprint density at radius 2 is 1.90 bits per heavy atom. The predicted molar refractivity (Wildman–Crippen MR) is 77.7 cm³/mol. The maximum atomic E-state index is 11.9. The van der Waals surface area contributed by atoms with Crippen LogP contribution in [0, 0.1) is 0 Å². The third-order valence-electron chi connectivity index (χ3n) is 2.63. The van der Waals surface area contributed by atoms with Crippen molar-refractivity contribution in [1.82, 2.24) is 20.5 Å². The second kappa shape index (κ2) is 8.27. The summed E-state index contributed by atoms with van der Waals surface area (Å²) in [5.41, 5.74) is 0.708. The first kappa shape index (κ1) is 16.1.